The average Bonchev–Trinajstić information content (AvgIpc) is 2.35. The molecular formula is C13H13NO2. The molecule has 0 aliphatic carbocycles. The van der Waals surface area contributed by atoms with Gasteiger partial charge in [-0.05, 0) is 17.9 Å². The number of ether oxygens (including phenoxy) is 1. The molecule has 0 radical (unpaired) electrons. The van der Waals surface area contributed by atoms with Crippen LogP contribution in [0, 0.1) is 0 Å². The van der Waals surface area contributed by atoms with Gasteiger partial charge in [0.2, 0.25) is 0 Å². The molecule has 3 nitrogen and oxygen atoms in total. The van der Waals surface area contributed by atoms with Crippen molar-refractivity contribution in [1.82, 2.24) is 4.98 Å². The molecule has 0 saturated heterocycles. The normalized spacial score (nSPS) is 12.3. The van der Waals surface area contributed by atoms with Gasteiger partial charge in [-0.1, -0.05) is 31.2 Å². The zero-order valence-corrected chi connectivity index (χ0v) is 9.09. The van der Waals surface area contributed by atoms with Crippen LogP contribution in [0.3, 0.4) is 0 Å². The Labute approximate surface area is 94.1 Å². The first-order chi connectivity index (χ1) is 7.86. The quantitative estimate of drug-likeness (QED) is 0.736. The van der Waals surface area contributed by atoms with Crippen LogP contribution in [0.25, 0.3) is 10.8 Å². The average molecular weight is 215 g/mol. The minimum absolute atomic E-state index is 0.261. The second-order valence-corrected chi connectivity index (χ2v) is 3.55. The summed E-state index contributed by atoms with van der Waals surface area (Å²) in [6, 6.07) is 9.91. The first kappa shape index (κ1) is 10.6. The number of nitrogens with zero attached hydrogens (tertiary/aromatic N) is 1. The number of carbonyl (C=O) groups excluding carboxylic acids is 1. The lowest BCUT2D eigenvalue weighted by Crippen LogP contribution is -2.04. The van der Waals surface area contributed by atoms with Gasteiger partial charge in [0.1, 0.15) is 6.10 Å². The van der Waals surface area contributed by atoms with Gasteiger partial charge in [0, 0.05) is 11.6 Å². The standard InChI is InChI=1S/C13H13NO2/c1-2-12(16-9-15)13-11-6-4-3-5-10(11)7-8-14-13/h3-9,12H,2H2,1H3. The van der Waals surface area contributed by atoms with Gasteiger partial charge in [0.25, 0.3) is 6.47 Å². The molecule has 1 unspecified atom stereocenters. The highest BCUT2D eigenvalue weighted by atomic mass is 16.5. The number of carbonyl (C=O) groups is 1. The summed E-state index contributed by atoms with van der Waals surface area (Å²) in [5.74, 6) is 0. The number of fused-ring (bicyclic) bond motifs is 1. The van der Waals surface area contributed by atoms with Crippen LogP contribution in [0.4, 0.5) is 0 Å². The van der Waals surface area contributed by atoms with Gasteiger partial charge in [0.05, 0.1) is 5.69 Å². The first-order valence-electron chi connectivity index (χ1n) is 5.29. The third-order valence-corrected chi connectivity index (χ3v) is 2.60. The summed E-state index contributed by atoms with van der Waals surface area (Å²) in [4.78, 5) is 14.7. The molecule has 82 valence electrons. The Kier molecular flexibility index (Phi) is 3.15. The summed E-state index contributed by atoms with van der Waals surface area (Å²) in [6.07, 6.45) is 2.21. The lowest BCUT2D eigenvalue weighted by Gasteiger charge is -2.14. The number of hydrogen-bond donors (Lipinski definition) is 0. The van der Waals surface area contributed by atoms with E-state index in [2.05, 4.69) is 4.98 Å². The van der Waals surface area contributed by atoms with Crippen molar-refractivity contribution in [3.05, 3.63) is 42.2 Å². The highest BCUT2D eigenvalue weighted by molar-refractivity contribution is 5.84. The van der Waals surface area contributed by atoms with E-state index in [4.69, 9.17) is 4.74 Å². The van der Waals surface area contributed by atoms with Gasteiger partial charge >= 0.3 is 0 Å². The van der Waals surface area contributed by atoms with Crippen molar-refractivity contribution in [2.75, 3.05) is 0 Å². The first-order valence-corrected chi connectivity index (χ1v) is 5.29. The van der Waals surface area contributed by atoms with Gasteiger partial charge < -0.3 is 4.74 Å². The molecule has 2 rings (SSSR count). The van der Waals surface area contributed by atoms with E-state index in [1.807, 2.05) is 37.3 Å². The maximum Gasteiger partial charge on any atom is 0.293 e. The number of hydrogen-bond acceptors (Lipinski definition) is 3. The van der Waals surface area contributed by atoms with Crippen molar-refractivity contribution in [2.24, 2.45) is 0 Å². The van der Waals surface area contributed by atoms with Gasteiger partial charge in [-0.15, -0.1) is 0 Å². The fourth-order valence-corrected chi connectivity index (χ4v) is 1.82. The largest absolute Gasteiger partial charge is 0.458 e. The van der Waals surface area contributed by atoms with E-state index in [9.17, 15) is 4.79 Å². The molecule has 0 saturated carbocycles. The summed E-state index contributed by atoms with van der Waals surface area (Å²) >= 11 is 0. The minimum atomic E-state index is -0.261. The molecule has 0 aliphatic rings. The maximum atomic E-state index is 10.4. The third-order valence-electron chi connectivity index (χ3n) is 2.60. The molecule has 1 atom stereocenters. The predicted molar refractivity (Wildman–Crippen MR) is 61.9 cm³/mol. The molecule has 1 heterocycles. The smallest absolute Gasteiger partial charge is 0.293 e. The molecule has 1 aromatic carbocycles. The lowest BCUT2D eigenvalue weighted by molar-refractivity contribution is -0.134. The zero-order chi connectivity index (χ0) is 11.4. The van der Waals surface area contributed by atoms with E-state index in [0.29, 0.717) is 6.47 Å². The van der Waals surface area contributed by atoms with Gasteiger partial charge in [-0.25, -0.2) is 0 Å². The van der Waals surface area contributed by atoms with Crippen LogP contribution in [0.5, 0.6) is 0 Å². The van der Waals surface area contributed by atoms with E-state index >= 15 is 0 Å². The highest BCUT2D eigenvalue weighted by Gasteiger charge is 2.14. The van der Waals surface area contributed by atoms with Crippen LogP contribution in [-0.2, 0) is 9.53 Å². The number of aromatic nitrogens is 1. The third kappa shape index (κ3) is 1.89. The van der Waals surface area contributed by atoms with Gasteiger partial charge in [-0.2, -0.15) is 0 Å². The van der Waals surface area contributed by atoms with Crippen LogP contribution in [0.1, 0.15) is 25.1 Å². The fourth-order valence-electron chi connectivity index (χ4n) is 1.82. The zero-order valence-electron chi connectivity index (χ0n) is 9.09. The maximum absolute atomic E-state index is 10.4. The van der Waals surface area contributed by atoms with Crippen LogP contribution in [0.2, 0.25) is 0 Å². The summed E-state index contributed by atoms with van der Waals surface area (Å²) in [5.41, 5.74) is 0.827. The van der Waals surface area contributed by atoms with E-state index in [1.54, 1.807) is 6.20 Å². The number of pyridine rings is 1. The Morgan fingerprint density at radius 3 is 2.94 bits per heavy atom. The van der Waals surface area contributed by atoms with Gasteiger partial charge in [0.15, 0.2) is 0 Å². The Balaban J connectivity index is 2.54. The number of rotatable bonds is 4. The topological polar surface area (TPSA) is 39.2 Å². The van der Waals surface area contributed by atoms with E-state index in [0.717, 1.165) is 22.9 Å². The van der Waals surface area contributed by atoms with Gasteiger partial charge in [-0.3, -0.25) is 9.78 Å². The fraction of sp³-hybridized carbons (Fsp3) is 0.231. The van der Waals surface area contributed by atoms with Crippen LogP contribution in [-0.4, -0.2) is 11.5 Å². The van der Waals surface area contributed by atoms with Crippen molar-refractivity contribution in [3.63, 3.8) is 0 Å². The second kappa shape index (κ2) is 4.75. The van der Waals surface area contributed by atoms with Crippen molar-refractivity contribution in [2.45, 2.75) is 19.4 Å². The lowest BCUT2D eigenvalue weighted by atomic mass is 10.1. The highest BCUT2D eigenvalue weighted by Crippen LogP contribution is 2.25. The molecule has 0 amide bonds. The molecular weight excluding hydrogens is 202 g/mol. The molecule has 0 bridgehead atoms. The number of benzene rings is 1. The Hall–Kier alpha value is -1.90. The van der Waals surface area contributed by atoms with Crippen LogP contribution >= 0.6 is 0 Å². The van der Waals surface area contributed by atoms with Crippen molar-refractivity contribution >= 4 is 17.2 Å². The van der Waals surface area contributed by atoms with Crippen LogP contribution in [0.15, 0.2) is 36.5 Å². The van der Waals surface area contributed by atoms with Crippen molar-refractivity contribution in [3.8, 4) is 0 Å². The SMILES string of the molecule is CCC(OC=O)c1nccc2ccccc12. The summed E-state index contributed by atoms with van der Waals surface area (Å²) in [6.45, 7) is 2.45. The predicted octanol–water partition coefficient (Wildman–Crippen LogP) is 2.86. The minimum Gasteiger partial charge on any atom is -0.458 e. The van der Waals surface area contributed by atoms with E-state index < -0.39 is 0 Å². The van der Waals surface area contributed by atoms with Crippen LogP contribution < -0.4 is 0 Å². The Bertz CT molecular complexity index is 491. The Morgan fingerprint density at radius 2 is 2.19 bits per heavy atom. The Morgan fingerprint density at radius 1 is 1.38 bits per heavy atom. The summed E-state index contributed by atoms with van der Waals surface area (Å²) in [7, 11) is 0. The molecule has 1 aromatic heterocycles. The second-order valence-electron chi connectivity index (χ2n) is 3.55. The molecule has 0 spiro atoms. The molecule has 2 aromatic rings. The van der Waals surface area contributed by atoms with Crippen molar-refractivity contribution < 1.29 is 9.53 Å². The molecule has 0 aliphatic heterocycles. The van der Waals surface area contributed by atoms with E-state index in [-0.39, 0.29) is 6.10 Å². The monoisotopic (exact) mass is 215 g/mol. The van der Waals surface area contributed by atoms with E-state index in [1.165, 1.54) is 0 Å². The molecule has 0 fully saturated rings. The van der Waals surface area contributed by atoms with Crippen molar-refractivity contribution in [1.29, 1.82) is 0 Å². The molecule has 16 heavy (non-hydrogen) atoms. The molecule has 0 N–H and O–H groups in total. The summed E-state index contributed by atoms with van der Waals surface area (Å²) < 4.78 is 5.04. The molecule has 3 heteroatoms. The summed E-state index contributed by atoms with van der Waals surface area (Å²) in [5, 5.41) is 2.15.